The first-order valence-electron chi connectivity index (χ1n) is 4.80. The summed E-state index contributed by atoms with van der Waals surface area (Å²) in [6, 6.07) is 0. The Labute approximate surface area is 125 Å². The third-order valence-corrected chi connectivity index (χ3v) is 3.16. The molecule has 4 N–H and O–H groups in total. The molecule has 0 saturated carbocycles. The van der Waals surface area contributed by atoms with Crippen molar-refractivity contribution in [3.05, 3.63) is 0 Å². The number of rotatable bonds is 7. The molecule has 0 aromatic heterocycles. The molecule has 2 atom stereocenters. The lowest BCUT2D eigenvalue weighted by Gasteiger charge is -2.37. The highest BCUT2D eigenvalue weighted by molar-refractivity contribution is 7.86. The van der Waals surface area contributed by atoms with Crippen LogP contribution in [0.4, 0.5) is 52.7 Å². The average Bonchev–Trinajstić information content (AvgIpc) is 2.34. The third kappa shape index (κ3) is 3.66. The van der Waals surface area contributed by atoms with Gasteiger partial charge in [-0.05, 0) is 0 Å². The molecular formula is C7H7F12NO3S. The lowest BCUT2D eigenvalue weighted by Crippen LogP contribution is -2.68. The normalized spacial score (nSPS) is 17.4. The van der Waals surface area contributed by atoms with E-state index in [9.17, 15) is 61.1 Å². The van der Waals surface area contributed by atoms with E-state index in [1.807, 2.05) is 0 Å². The minimum absolute atomic E-state index is 0. The Morgan fingerprint density at radius 3 is 1.25 bits per heavy atom. The van der Waals surface area contributed by atoms with Crippen molar-refractivity contribution >= 4 is 10.1 Å². The topological polar surface area (TPSA) is 89.4 Å². The minimum Gasteiger partial charge on any atom is -0.344 e. The minimum atomic E-state index is -7.68. The summed E-state index contributed by atoms with van der Waals surface area (Å²) < 4.78 is 178. The number of halogens is 12. The smallest absolute Gasteiger partial charge is 0.344 e. The van der Waals surface area contributed by atoms with Crippen LogP contribution in [0.2, 0.25) is 0 Å². The predicted octanol–water partition coefficient (Wildman–Crippen LogP) is 3.48. The largest absolute Gasteiger partial charge is 0.382 e. The molecule has 0 saturated heterocycles. The number of hydrogen-bond acceptors (Lipinski definition) is 3. The van der Waals surface area contributed by atoms with Crippen LogP contribution >= 0.6 is 0 Å². The molecule has 17 heteroatoms. The maximum absolute atomic E-state index is 12.9. The van der Waals surface area contributed by atoms with Gasteiger partial charge in [0.1, 0.15) is 0 Å². The fourth-order valence-electron chi connectivity index (χ4n) is 1.08. The maximum atomic E-state index is 12.9. The van der Waals surface area contributed by atoms with Crippen LogP contribution in [0.15, 0.2) is 0 Å². The summed E-state index contributed by atoms with van der Waals surface area (Å²) in [7, 11) is -6.80. The lowest BCUT2D eigenvalue weighted by molar-refractivity contribution is -0.383. The molecule has 0 aliphatic rings. The molecule has 24 heavy (non-hydrogen) atoms. The summed E-state index contributed by atoms with van der Waals surface area (Å²) in [6.45, 7) is 0. The van der Waals surface area contributed by atoms with Crippen LogP contribution in [-0.2, 0) is 10.1 Å². The lowest BCUT2D eigenvalue weighted by atomic mass is 9.96. The molecule has 0 radical (unpaired) electrons. The van der Waals surface area contributed by atoms with Crippen LogP contribution in [0.3, 0.4) is 0 Å². The molecule has 0 bridgehead atoms. The van der Waals surface area contributed by atoms with E-state index in [0.717, 1.165) is 0 Å². The van der Waals surface area contributed by atoms with Crippen LogP contribution in [-0.4, -0.2) is 54.8 Å². The van der Waals surface area contributed by atoms with Crippen molar-refractivity contribution in [1.82, 2.24) is 6.15 Å². The van der Waals surface area contributed by atoms with Gasteiger partial charge in [-0.25, -0.2) is 17.6 Å². The van der Waals surface area contributed by atoms with Crippen molar-refractivity contribution in [1.29, 1.82) is 0 Å². The van der Waals surface area contributed by atoms with Gasteiger partial charge in [0.2, 0.25) is 6.17 Å². The van der Waals surface area contributed by atoms with Gasteiger partial charge in [0, 0.05) is 0 Å². The molecule has 0 fully saturated rings. The Balaban J connectivity index is 0. The summed E-state index contributed by atoms with van der Waals surface area (Å²) in [5.41, 5.74) is -5.53. The molecule has 2 unspecified atom stereocenters. The summed E-state index contributed by atoms with van der Waals surface area (Å²) in [5.74, 6) is -29.7. The first-order chi connectivity index (χ1) is 9.76. The van der Waals surface area contributed by atoms with E-state index >= 15 is 0 Å². The SMILES string of the molecule is N.O=S(=O)(O)C(F)C(F)(F)C(F)(F)C(F)(F)C(F)(F)C(F)C(F)F. The van der Waals surface area contributed by atoms with E-state index in [1.54, 1.807) is 0 Å². The van der Waals surface area contributed by atoms with Gasteiger partial charge in [0.25, 0.3) is 11.9 Å². The van der Waals surface area contributed by atoms with E-state index < -0.39 is 51.9 Å². The van der Waals surface area contributed by atoms with Crippen LogP contribution in [0.25, 0.3) is 0 Å². The quantitative estimate of drug-likeness (QED) is 0.494. The summed E-state index contributed by atoms with van der Waals surface area (Å²) in [4.78, 5) is 0. The number of alkyl halides is 12. The van der Waals surface area contributed by atoms with E-state index in [0.29, 0.717) is 0 Å². The molecule has 0 rings (SSSR count). The van der Waals surface area contributed by atoms with Gasteiger partial charge in [-0.15, -0.1) is 0 Å². The summed E-state index contributed by atoms with van der Waals surface area (Å²) in [5, 5.41) is 0. The molecule has 0 heterocycles. The van der Waals surface area contributed by atoms with Crippen molar-refractivity contribution in [3.63, 3.8) is 0 Å². The Bertz CT molecular complexity index is 535. The van der Waals surface area contributed by atoms with Crippen molar-refractivity contribution in [2.24, 2.45) is 0 Å². The first kappa shape index (κ1) is 25.3. The van der Waals surface area contributed by atoms with Crippen LogP contribution < -0.4 is 6.15 Å². The van der Waals surface area contributed by atoms with Gasteiger partial charge in [-0.3, -0.25) is 4.55 Å². The average molecular weight is 413 g/mol. The predicted molar refractivity (Wildman–Crippen MR) is 52.2 cm³/mol. The number of hydrogen-bond donors (Lipinski definition) is 2. The second kappa shape index (κ2) is 6.74. The Hall–Kier alpha value is -0.970. The van der Waals surface area contributed by atoms with Gasteiger partial charge in [0.15, 0.2) is 0 Å². The Morgan fingerprint density at radius 1 is 0.708 bits per heavy atom. The monoisotopic (exact) mass is 413 g/mol. The van der Waals surface area contributed by atoms with Crippen LogP contribution in [0, 0.1) is 0 Å². The molecular weight excluding hydrogens is 406 g/mol. The zero-order valence-electron chi connectivity index (χ0n) is 10.6. The van der Waals surface area contributed by atoms with Gasteiger partial charge >= 0.3 is 33.8 Å². The Kier molecular flexibility index (Phi) is 7.09. The van der Waals surface area contributed by atoms with Gasteiger partial charge in [-0.1, -0.05) is 0 Å². The van der Waals surface area contributed by atoms with Crippen molar-refractivity contribution < 1.29 is 65.7 Å². The summed E-state index contributed by atoms with van der Waals surface area (Å²) >= 11 is 0. The van der Waals surface area contributed by atoms with Crippen LogP contribution in [0.5, 0.6) is 0 Å². The van der Waals surface area contributed by atoms with Gasteiger partial charge < -0.3 is 6.15 Å². The van der Waals surface area contributed by atoms with Gasteiger partial charge in [-0.2, -0.15) is 43.5 Å². The standard InChI is InChI=1S/C7H4F12O3S.H3N/c8-1(2(9)10)4(12,13)6(16,17)7(18,19)5(14,15)3(11)23(20,21)22;/h1-3H,(H,20,21,22);1H3. The highest BCUT2D eigenvalue weighted by Gasteiger charge is 2.85. The molecule has 0 spiro atoms. The molecule has 0 aromatic carbocycles. The van der Waals surface area contributed by atoms with E-state index in [4.69, 9.17) is 4.55 Å². The van der Waals surface area contributed by atoms with Crippen LogP contribution in [0.1, 0.15) is 0 Å². The maximum Gasteiger partial charge on any atom is 0.382 e. The zero-order chi connectivity index (χ0) is 19.2. The fraction of sp³-hybridized carbons (Fsp3) is 1.00. The highest BCUT2D eigenvalue weighted by Crippen LogP contribution is 2.56. The van der Waals surface area contributed by atoms with Gasteiger partial charge in [0.05, 0.1) is 0 Å². The van der Waals surface area contributed by atoms with Crippen molar-refractivity contribution in [2.75, 3.05) is 0 Å². The molecule has 0 aromatic rings. The van der Waals surface area contributed by atoms with E-state index in [2.05, 4.69) is 0 Å². The highest BCUT2D eigenvalue weighted by atomic mass is 32.2. The second-order valence-electron chi connectivity index (χ2n) is 3.96. The fourth-order valence-corrected chi connectivity index (χ4v) is 1.60. The van der Waals surface area contributed by atoms with Crippen molar-refractivity contribution in [2.45, 2.75) is 41.8 Å². The van der Waals surface area contributed by atoms with E-state index in [-0.39, 0.29) is 6.15 Å². The summed E-state index contributed by atoms with van der Waals surface area (Å²) in [6.07, 6.45) is -10.4. The van der Waals surface area contributed by atoms with E-state index in [1.165, 1.54) is 0 Å². The second-order valence-corrected chi connectivity index (χ2v) is 5.41. The molecule has 4 nitrogen and oxygen atoms in total. The molecule has 0 aliphatic carbocycles. The first-order valence-corrected chi connectivity index (χ1v) is 6.30. The molecule has 0 amide bonds. The Morgan fingerprint density at radius 2 is 1.00 bits per heavy atom. The third-order valence-electron chi connectivity index (χ3n) is 2.35. The zero-order valence-corrected chi connectivity index (χ0v) is 11.5. The molecule has 0 aliphatic heterocycles. The molecule has 148 valence electrons. The van der Waals surface area contributed by atoms with Crippen molar-refractivity contribution in [3.8, 4) is 0 Å².